The fourth-order valence-electron chi connectivity index (χ4n) is 1.49. The molecule has 0 aromatic carbocycles. The lowest BCUT2D eigenvalue weighted by atomic mass is 10.1. The summed E-state index contributed by atoms with van der Waals surface area (Å²) in [6.07, 6.45) is 2.12. The second-order valence-corrected chi connectivity index (χ2v) is 4.72. The highest BCUT2D eigenvalue weighted by molar-refractivity contribution is 7.10. The summed E-state index contributed by atoms with van der Waals surface area (Å²) in [7, 11) is 0. The van der Waals surface area contributed by atoms with E-state index in [1.54, 1.807) is 11.3 Å². The summed E-state index contributed by atoms with van der Waals surface area (Å²) in [5.41, 5.74) is 0. The molecule has 1 aliphatic heterocycles. The molecule has 0 saturated carbocycles. The first-order chi connectivity index (χ1) is 5.77. The van der Waals surface area contributed by atoms with Crippen LogP contribution in [0, 0.1) is 5.92 Å². The van der Waals surface area contributed by atoms with Crippen molar-refractivity contribution in [1.82, 2.24) is 0 Å². The van der Waals surface area contributed by atoms with Crippen LogP contribution >= 0.6 is 11.3 Å². The van der Waals surface area contributed by atoms with Gasteiger partial charge in [-0.05, 0) is 23.8 Å². The lowest BCUT2D eigenvalue weighted by molar-refractivity contribution is 0.349. The van der Waals surface area contributed by atoms with Crippen LogP contribution in [0.25, 0.3) is 0 Å². The van der Waals surface area contributed by atoms with Gasteiger partial charge in [-0.25, -0.2) is 0 Å². The first-order valence-electron chi connectivity index (χ1n) is 4.46. The maximum absolute atomic E-state index is 5.58. The predicted octanol–water partition coefficient (Wildman–Crippen LogP) is 3.23. The van der Waals surface area contributed by atoms with Gasteiger partial charge >= 0.3 is 0 Å². The average molecular weight is 182 g/mol. The van der Waals surface area contributed by atoms with E-state index in [4.69, 9.17) is 4.74 Å². The summed E-state index contributed by atoms with van der Waals surface area (Å²) in [6.45, 7) is 4.49. The summed E-state index contributed by atoms with van der Waals surface area (Å²) in [6, 6.07) is 4.25. The SMILES string of the molecule is CC(C)C[C@@H]1O[C@@H]1c1cccs1. The molecule has 12 heavy (non-hydrogen) atoms. The zero-order chi connectivity index (χ0) is 8.55. The van der Waals surface area contributed by atoms with Gasteiger partial charge in [0, 0.05) is 4.88 Å². The Kier molecular flexibility index (Phi) is 2.20. The quantitative estimate of drug-likeness (QED) is 0.654. The van der Waals surface area contributed by atoms with E-state index in [0.717, 1.165) is 5.92 Å². The zero-order valence-electron chi connectivity index (χ0n) is 7.49. The van der Waals surface area contributed by atoms with Crippen molar-refractivity contribution in [2.24, 2.45) is 5.92 Å². The lowest BCUT2D eigenvalue weighted by Gasteiger charge is -1.97. The Morgan fingerprint density at radius 1 is 1.58 bits per heavy atom. The molecule has 1 aliphatic rings. The van der Waals surface area contributed by atoms with E-state index >= 15 is 0 Å². The van der Waals surface area contributed by atoms with Crippen molar-refractivity contribution in [1.29, 1.82) is 0 Å². The van der Waals surface area contributed by atoms with Crippen molar-refractivity contribution < 1.29 is 4.74 Å². The first kappa shape index (κ1) is 8.27. The van der Waals surface area contributed by atoms with Gasteiger partial charge in [0.25, 0.3) is 0 Å². The Balaban J connectivity index is 1.88. The number of thiophene rings is 1. The normalized spacial score (nSPS) is 27.9. The maximum Gasteiger partial charge on any atom is 0.118 e. The van der Waals surface area contributed by atoms with Gasteiger partial charge in [-0.1, -0.05) is 19.9 Å². The van der Waals surface area contributed by atoms with Crippen LogP contribution in [0.15, 0.2) is 17.5 Å². The van der Waals surface area contributed by atoms with Gasteiger partial charge < -0.3 is 4.74 Å². The second-order valence-electron chi connectivity index (χ2n) is 3.74. The van der Waals surface area contributed by atoms with Gasteiger partial charge in [0.05, 0.1) is 6.10 Å². The molecule has 2 heteroatoms. The summed E-state index contributed by atoms with van der Waals surface area (Å²) in [5, 5.41) is 2.11. The van der Waals surface area contributed by atoms with Crippen LogP contribution in [-0.4, -0.2) is 6.10 Å². The van der Waals surface area contributed by atoms with E-state index in [1.807, 2.05) is 0 Å². The van der Waals surface area contributed by atoms with Crippen LogP contribution in [0.2, 0.25) is 0 Å². The minimum absolute atomic E-state index is 0.424. The summed E-state index contributed by atoms with van der Waals surface area (Å²) in [5.74, 6) is 0.750. The third-order valence-corrected chi connectivity index (χ3v) is 3.04. The highest BCUT2D eigenvalue weighted by atomic mass is 32.1. The average Bonchev–Trinajstić information content (AvgIpc) is 2.59. The van der Waals surface area contributed by atoms with E-state index in [0.29, 0.717) is 12.2 Å². The van der Waals surface area contributed by atoms with Gasteiger partial charge in [0.2, 0.25) is 0 Å². The van der Waals surface area contributed by atoms with Crippen molar-refractivity contribution in [2.45, 2.75) is 32.5 Å². The largest absolute Gasteiger partial charge is 0.364 e. The predicted molar refractivity (Wildman–Crippen MR) is 51.4 cm³/mol. The molecule has 2 heterocycles. The molecule has 0 radical (unpaired) electrons. The highest BCUT2D eigenvalue weighted by Crippen LogP contribution is 2.43. The molecule has 66 valence electrons. The second kappa shape index (κ2) is 3.19. The van der Waals surface area contributed by atoms with Gasteiger partial charge in [0.1, 0.15) is 6.10 Å². The molecule has 2 atom stereocenters. The number of hydrogen-bond donors (Lipinski definition) is 0. The Hall–Kier alpha value is -0.340. The lowest BCUT2D eigenvalue weighted by Crippen LogP contribution is -1.94. The highest BCUT2D eigenvalue weighted by Gasteiger charge is 2.40. The molecule has 0 N–H and O–H groups in total. The monoisotopic (exact) mass is 182 g/mol. The van der Waals surface area contributed by atoms with Gasteiger partial charge in [-0.15, -0.1) is 11.3 Å². The van der Waals surface area contributed by atoms with E-state index in [1.165, 1.54) is 11.3 Å². The summed E-state index contributed by atoms with van der Waals surface area (Å²) >= 11 is 1.80. The molecule has 0 spiro atoms. The van der Waals surface area contributed by atoms with Gasteiger partial charge in [-0.3, -0.25) is 0 Å². The summed E-state index contributed by atoms with van der Waals surface area (Å²) in [4.78, 5) is 1.39. The van der Waals surface area contributed by atoms with Crippen LogP contribution in [0.5, 0.6) is 0 Å². The van der Waals surface area contributed by atoms with E-state index in [-0.39, 0.29) is 0 Å². The Labute approximate surface area is 77.4 Å². The Bertz CT molecular complexity index is 240. The van der Waals surface area contributed by atoms with Crippen LogP contribution in [0.1, 0.15) is 31.2 Å². The van der Waals surface area contributed by atoms with E-state index < -0.39 is 0 Å². The third kappa shape index (κ3) is 1.70. The number of ether oxygens (including phenoxy) is 1. The number of hydrogen-bond acceptors (Lipinski definition) is 2. The first-order valence-corrected chi connectivity index (χ1v) is 5.34. The molecule has 2 rings (SSSR count). The molecule has 0 aliphatic carbocycles. The maximum atomic E-state index is 5.58. The molecule has 1 aromatic rings. The van der Waals surface area contributed by atoms with Gasteiger partial charge in [-0.2, -0.15) is 0 Å². The van der Waals surface area contributed by atoms with Gasteiger partial charge in [0.15, 0.2) is 0 Å². The van der Waals surface area contributed by atoms with Crippen molar-refractivity contribution in [2.75, 3.05) is 0 Å². The van der Waals surface area contributed by atoms with Crippen LogP contribution in [0.3, 0.4) is 0 Å². The Morgan fingerprint density at radius 2 is 2.42 bits per heavy atom. The van der Waals surface area contributed by atoms with Crippen LogP contribution in [-0.2, 0) is 4.74 Å². The minimum Gasteiger partial charge on any atom is -0.364 e. The molecule has 1 nitrogen and oxygen atoms in total. The smallest absolute Gasteiger partial charge is 0.118 e. The number of epoxide rings is 1. The van der Waals surface area contributed by atoms with Crippen molar-refractivity contribution in [3.8, 4) is 0 Å². The molecule has 1 saturated heterocycles. The minimum atomic E-state index is 0.424. The fraction of sp³-hybridized carbons (Fsp3) is 0.600. The molecular formula is C10H14OS. The van der Waals surface area contributed by atoms with Crippen LogP contribution in [0.4, 0.5) is 0 Å². The van der Waals surface area contributed by atoms with Crippen molar-refractivity contribution in [3.05, 3.63) is 22.4 Å². The molecule has 0 amide bonds. The third-order valence-electron chi connectivity index (χ3n) is 2.11. The molecule has 1 fully saturated rings. The van der Waals surface area contributed by atoms with Crippen LogP contribution < -0.4 is 0 Å². The summed E-state index contributed by atoms with van der Waals surface area (Å²) < 4.78 is 5.58. The Morgan fingerprint density at radius 3 is 3.00 bits per heavy atom. The molecule has 1 aromatic heterocycles. The molecular weight excluding hydrogens is 168 g/mol. The number of rotatable bonds is 3. The standard InChI is InChI=1S/C10H14OS/c1-7(2)6-8-10(11-8)9-4-3-5-12-9/h3-5,7-8,10H,6H2,1-2H3/t8-,10-/m0/s1. The van der Waals surface area contributed by atoms with E-state index in [2.05, 4.69) is 31.4 Å². The molecule has 0 bridgehead atoms. The topological polar surface area (TPSA) is 12.5 Å². The molecule has 0 unspecified atom stereocenters. The van der Waals surface area contributed by atoms with E-state index in [9.17, 15) is 0 Å². The zero-order valence-corrected chi connectivity index (χ0v) is 8.30. The van der Waals surface area contributed by atoms with Crippen molar-refractivity contribution in [3.63, 3.8) is 0 Å². The van der Waals surface area contributed by atoms with Crippen molar-refractivity contribution >= 4 is 11.3 Å². The fourth-order valence-corrected chi connectivity index (χ4v) is 2.30.